The van der Waals surface area contributed by atoms with Crippen molar-refractivity contribution in [1.29, 1.82) is 5.26 Å². The monoisotopic (exact) mass is 270 g/mol. The van der Waals surface area contributed by atoms with Crippen molar-refractivity contribution in [2.75, 3.05) is 6.54 Å². The Hall–Kier alpha value is -2.58. The fourth-order valence-corrected chi connectivity index (χ4v) is 1.78. The van der Waals surface area contributed by atoms with E-state index in [-0.39, 0.29) is 5.91 Å². The van der Waals surface area contributed by atoms with E-state index in [1.54, 1.807) is 30.3 Å². The second-order valence-corrected chi connectivity index (χ2v) is 4.27. The lowest BCUT2D eigenvalue weighted by Crippen LogP contribution is -2.25. The normalized spacial score (nSPS) is 11.6. The Bertz CT molecular complexity index is 614. The summed E-state index contributed by atoms with van der Waals surface area (Å²) in [7, 11) is 0. The van der Waals surface area contributed by atoms with Gasteiger partial charge in [0.05, 0.1) is 17.9 Å². The maximum atomic E-state index is 11.9. The summed E-state index contributed by atoms with van der Waals surface area (Å²) in [6.45, 7) is 0.317. The average molecular weight is 270 g/mol. The molecular formula is C15H14N2O3. The highest BCUT2D eigenvalue weighted by Gasteiger charge is 2.11. The van der Waals surface area contributed by atoms with Crippen LogP contribution in [0.15, 0.2) is 47.1 Å². The van der Waals surface area contributed by atoms with Gasteiger partial charge in [0.1, 0.15) is 11.9 Å². The third-order valence-corrected chi connectivity index (χ3v) is 2.83. The molecule has 5 nitrogen and oxygen atoms in total. The van der Waals surface area contributed by atoms with Crippen LogP contribution in [-0.4, -0.2) is 17.6 Å². The Kier molecular flexibility index (Phi) is 4.53. The van der Waals surface area contributed by atoms with Crippen molar-refractivity contribution in [1.82, 2.24) is 5.32 Å². The molecule has 0 unspecified atom stereocenters. The number of nitriles is 1. The first-order valence-corrected chi connectivity index (χ1v) is 6.20. The van der Waals surface area contributed by atoms with E-state index in [0.29, 0.717) is 29.9 Å². The van der Waals surface area contributed by atoms with Gasteiger partial charge >= 0.3 is 0 Å². The molecule has 20 heavy (non-hydrogen) atoms. The van der Waals surface area contributed by atoms with Gasteiger partial charge < -0.3 is 14.8 Å². The summed E-state index contributed by atoms with van der Waals surface area (Å²) in [4.78, 5) is 11.9. The van der Waals surface area contributed by atoms with Gasteiger partial charge in [-0.05, 0) is 36.8 Å². The molecular weight excluding hydrogens is 256 g/mol. The number of hydrogen-bond donors (Lipinski definition) is 2. The molecule has 0 saturated heterocycles. The zero-order chi connectivity index (χ0) is 14.4. The summed E-state index contributed by atoms with van der Waals surface area (Å²) < 4.78 is 5.07. The number of nitrogens with zero attached hydrogens (tertiary/aromatic N) is 1. The summed E-state index contributed by atoms with van der Waals surface area (Å²) in [5.41, 5.74) is 0.866. The molecule has 2 N–H and O–H groups in total. The molecule has 0 aliphatic heterocycles. The van der Waals surface area contributed by atoms with Gasteiger partial charge in [0.25, 0.3) is 5.91 Å². The van der Waals surface area contributed by atoms with Gasteiger partial charge in [-0.2, -0.15) is 5.26 Å². The molecule has 0 aliphatic carbocycles. The minimum atomic E-state index is -0.740. The van der Waals surface area contributed by atoms with Gasteiger partial charge in [-0.1, -0.05) is 6.07 Å². The van der Waals surface area contributed by atoms with Crippen molar-refractivity contribution in [3.63, 3.8) is 0 Å². The summed E-state index contributed by atoms with van der Waals surface area (Å²) in [6.07, 6.45) is 1.11. The van der Waals surface area contributed by atoms with Crippen LogP contribution < -0.4 is 5.32 Å². The molecule has 0 saturated carbocycles. The minimum absolute atomic E-state index is 0.270. The second kappa shape index (κ2) is 6.55. The Morgan fingerprint density at radius 1 is 1.40 bits per heavy atom. The Morgan fingerprint density at radius 3 is 2.95 bits per heavy atom. The Morgan fingerprint density at radius 2 is 2.25 bits per heavy atom. The van der Waals surface area contributed by atoms with Crippen LogP contribution in [0.25, 0.3) is 0 Å². The number of carbonyl (C=O) groups excluding carboxylic acids is 1. The van der Waals surface area contributed by atoms with Gasteiger partial charge in [-0.15, -0.1) is 0 Å². The van der Waals surface area contributed by atoms with E-state index in [1.165, 1.54) is 12.3 Å². The number of nitrogens with one attached hydrogen (secondary N) is 1. The summed E-state index contributed by atoms with van der Waals surface area (Å²) in [5.74, 6) is 0.208. The van der Waals surface area contributed by atoms with E-state index < -0.39 is 6.10 Å². The van der Waals surface area contributed by atoms with Crippen molar-refractivity contribution < 1.29 is 14.3 Å². The first-order chi connectivity index (χ1) is 9.70. The number of carbonyl (C=O) groups is 1. The van der Waals surface area contributed by atoms with Crippen LogP contribution in [0, 0.1) is 11.3 Å². The fraction of sp³-hybridized carbons (Fsp3) is 0.200. The predicted octanol–water partition coefficient (Wildman–Crippen LogP) is 2.00. The molecule has 1 atom stereocenters. The third-order valence-electron chi connectivity index (χ3n) is 2.83. The number of amides is 1. The molecule has 2 aromatic rings. The van der Waals surface area contributed by atoms with Crippen molar-refractivity contribution in [3.05, 3.63) is 59.5 Å². The van der Waals surface area contributed by atoms with E-state index >= 15 is 0 Å². The maximum absolute atomic E-state index is 11.9. The molecule has 0 aliphatic rings. The molecule has 1 aromatic heterocycles. The van der Waals surface area contributed by atoms with Crippen molar-refractivity contribution in [2.24, 2.45) is 0 Å². The van der Waals surface area contributed by atoms with Gasteiger partial charge in [-0.25, -0.2) is 0 Å². The van der Waals surface area contributed by atoms with Crippen molar-refractivity contribution >= 4 is 5.91 Å². The Balaban J connectivity index is 1.85. The molecule has 0 bridgehead atoms. The second-order valence-electron chi connectivity index (χ2n) is 4.27. The standard InChI is InChI=1S/C15H14N2O3/c16-10-11-3-1-4-12(9-11)15(19)17-7-6-13(18)14-5-2-8-20-14/h1-5,8-9,13,18H,6-7H2,(H,17,19)/t13-/m1/s1. The molecule has 1 heterocycles. The molecule has 0 spiro atoms. The lowest BCUT2D eigenvalue weighted by atomic mass is 10.1. The summed E-state index contributed by atoms with van der Waals surface area (Å²) in [6, 6.07) is 11.8. The largest absolute Gasteiger partial charge is 0.467 e. The van der Waals surface area contributed by atoms with Crippen LogP contribution >= 0.6 is 0 Å². The fourth-order valence-electron chi connectivity index (χ4n) is 1.78. The highest BCUT2D eigenvalue weighted by atomic mass is 16.4. The first-order valence-electron chi connectivity index (χ1n) is 6.20. The number of rotatable bonds is 5. The highest BCUT2D eigenvalue weighted by Crippen LogP contribution is 2.15. The lowest BCUT2D eigenvalue weighted by Gasteiger charge is -2.09. The molecule has 5 heteroatoms. The number of furan rings is 1. The molecule has 2 rings (SSSR count). The maximum Gasteiger partial charge on any atom is 0.251 e. The smallest absolute Gasteiger partial charge is 0.251 e. The topological polar surface area (TPSA) is 86.3 Å². The number of aliphatic hydroxyl groups excluding tert-OH is 1. The number of benzene rings is 1. The van der Waals surface area contributed by atoms with Crippen LogP contribution in [0.1, 0.15) is 34.2 Å². The molecule has 0 fully saturated rings. The lowest BCUT2D eigenvalue weighted by molar-refractivity contribution is 0.0936. The van der Waals surface area contributed by atoms with Gasteiger partial charge in [0, 0.05) is 12.1 Å². The predicted molar refractivity (Wildman–Crippen MR) is 71.8 cm³/mol. The average Bonchev–Trinajstić information content (AvgIpc) is 3.01. The van der Waals surface area contributed by atoms with Crippen LogP contribution in [0.4, 0.5) is 0 Å². The van der Waals surface area contributed by atoms with Crippen LogP contribution in [0.3, 0.4) is 0 Å². The highest BCUT2D eigenvalue weighted by molar-refractivity contribution is 5.94. The minimum Gasteiger partial charge on any atom is -0.467 e. The zero-order valence-electron chi connectivity index (χ0n) is 10.7. The SMILES string of the molecule is N#Cc1cccc(C(=O)NCC[C@@H](O)c2ccco2)c1. The van der Waals surface area contributed by atoms with Gasteiger partial charge in [-0.3, -0.25) is 4.79 Å². The van der Waals surface area contributed by atoms with E-state index in [9.17, 15) is 9.90 Å². The molecule has 1 aromatic carbocycles. The van der Waals surface area contributed by atoms with Crippen molar-refractivity contribution in [2.45, 2.75) is 12.5 Å². The third kappa shape index (κ3) is 3.46. The Labute approximate surface area is 116 Å². The number of hydrogen-bond acceptors (Lipinski definition) is 4. The van der Waals surface area contributed by atoms with Crippen LogP contribution in [0.2, 0.25) is 0 Å². The molecule has 1 amide bonds. The first kappa shape index (κ1) is 13.8. The van der Waals surface area contributed by atoms with E-state index in [2.05, 4.69) is 5.32 Å². The number of aliphatic hydroxyl groups is 1. The molecule has 102 valence electrons. The quantitative estimate of drug-likeness (QED) is 0.870. The molecule has 0 radical (unpaired) electrons. The van der Waals surface area contributed by atoms with Crippen LogP contribution in [-0.2, 0) is 0 Å². The van der Waals surface area contributed by atoms with Crippen molar-refractivity contribution in [3.8, 4) is 6.07 Å². The van der Waals surface area contributed by atoms with Crippen LogP contribution in [0.5, 0.6) is 0 Å². The summed E-state index contributed by atoms with van der Waals surface area (Å²) in [5, 5.41) is 21.3. The summed E-state index contributed by atoms with van der Waals surface area (Å²) >= 11 is 0. The van der Waals surface area contributed by atoms with E-state index in [1.807, 2.05) is 6.07 Å². The van der Waals surface area contributed by atoms with E-state index in [0.717, 1.165) is 0 Å². The van der Waals surface area contributed by atoms with Gasteiger partial charge in [0.15, 0.2) is 0 Å². The van der Waals surface area contributed by atoms with Gasteiger partial charge in [0.2, 0.25) is 0 Å². The van der Waals surface area contributed by atoms with E-state index in [4.69, 9.17) is 9.68 Å². The zero-order valence-corrected chi connectivity index (χ0v) is 10.7.